The molecule has 11 heteroatoms. The summed E-state index contributed by atoms with van der Waals surface area (Å²) in [4.78, 5) is 37.8. The number of thioether (sulfide) groups is 1. The highest BCUT2D eigenvalue weighted by Gasteiger charge is 2.28. The molecule has 0 saturated carbocycles. The van der Waals surface area contributed by atoms with Crippen LogP contribution in [0.5, 0.6) is 0 Å². The second kappa shape index (κ2) is 12.6. The highest BCUT2D eigenvalue weighted by Crippen LogP contribution is 2.17. The fourth-order valence-corrected chi connectivity index (χ4v) is 2.66. The van der Waals surface area contributed by atoms with Crippen LogP contribution in [0, 0.1) is 0 Å². The van der Waals surface area contributed by atoms with Gasteiger partial charge in [0, 0.05) is 11.8 Å². The fourth-order valence-electron chi connectivity index (χ4n) is 1.92. The SMILES string of the molecule is NCCCC(SC=O)[C@H](N)C(=O)N[C@@H](CCCN=C(N)N)C(=O)O. The Morgan fingerprint density at radius 2 is 1.92 bits per heavy atom. The van der Waals surface area contributed by atoms with Crippen LogP contribution in [0.1, 0.15) is 25.7 Å². The van der Waals surface area contributed by atoms with Gasteiger partial charge in [0.1, 0.15) is 6.04 Å². The average molecular weight is 362 g/mol. The molecule has 0 saturated heterocycles. The molecule has 0 spiro atoms. The number of guanidine groups is 1. The van der Waals surface area contributed by atoms with Gasteiger partial charge in [-0.2, -0.15) is 0 Å². The molecular weight excluding hydrogens is 336 g/mol. The number of carbonyl (C=O) groups excluding carboxylic acids is 2. The minimum atomic E-state index is -1.18. The fraction of sp³-hybridized carbons (Fsp3) is 0.692. The topological polar surface area (TPSA) is 200 Å². The molecule has 0 aliphatic heterocycles. The summed E-state index contributed by atoms with van der Waals surface area (Å²) in [6.45, 7) is 0.668. The molecule has 138 valence electrons. The van der Waals surface area contributed by atoms with Crippen molar-refractivity contribution in [3.05, 3.63) is 0 Å². The van der Waals surface area contributed by atoms with Crippen LogP contribution in [0.2, 0.25) is 0 Å². The maximum absolute atomic E-state index is 12.2. The zero-order valence-electron chi connectivity index (χ0n) is 13.4. The molecule has 1 unspecified atom stereocenters. The van der Waals surface area contributed by atoms with Crippen LogP contribution >= 0.6 is 11.8 Å². The predicted octanol–water partition coefficient (Wildman–Crippen LogP) is -2.03. The summed E-state index contributed by atoms with van der Waals surface area (Å²) >= 11 is 0.898. The molecule has 0 aromatic rings. The molecule has 24 heavy (non-hydrogen) atoms. The van der Waals surface area contributed by atoms with Crippen molar-refractivity contribution in [2.75, 3.05) is 13.1 Å². The van der Waals surface area contributed by atoms with Gasteiger partial charge >= 0.3 is 5.97 Å². The predicted molar refractivity (Wildman–Crippen MR) is 93.9 cm³/mol. The van der Waals surface area contributed by atoms with Gasteiger partial charge in [-0.25, -0.2) is 4.79 Å². The summed E-state index contributed by atoms with van der Waals surface area (Å²) in [5.74, 6) is -1.89. The number of nitrogens with two attached hydrogens (primary N) is 4. The van der Waals surface area contributed by atoms with Gasteiger partial charge in [-0.3, -0.25) is 14.6 Å². The molecule has 0 radical (unpaired) electrons. The molecule has 10 N–H and O–H groups in total. The number of carboxylic acid groups (broad SMARTS) is 1. The van der Waals surface area contributed by atoms with Crippen LogP contribution < -0.4 is 28.3 Å². The molecule has 10 nitrogen and oxygen atoms in total. The lowest BCUT2D eigenvalue weighted by Crippen LogP contribution is -2.52. The highest BCUT2D eigenvalue weighted by molar-refractivity contribution is 8.12. The van der Waals surface area contributed by atoms with Crippen LogP contribution in [0.15, 0.2) is 4.99 Å². The number of aliphatic imine (C=N–C) groups is 1. The lowest BCUT2D eigenvalue weighted by atomic mass is 10.1. The largest absolute Gasteiger partial charge is 0.480 e. The number of hydrogen-bond donors (Lipinski definition) is 6. The summed E-state index contributed by atoms with van der Waals surface area (Å²) in [5, 5.41) is 11.1. The van der Waals surface area contributed by atoms with Gasteiger partial charge in [0.2, 0.25) is 5.91 Å². The third-order valence-electron chi connectivity index (χ3n) is 3.19. The minimum Gasteiger partial charge on any atom is -0.480 e. The number of rotatable bonds is 13. The summed E-state index contributed by atoms with van der Waals surface area (Å²) < 4.78 is 0. The van der Waals surface area contributed by atoms with Crippen molar-refractivity contribution in [1.29, 1.82) is 0 Å². The Bertz CT molecular complexity index is 444. The Morgan fingerprint density at radius 3 is 2.42 bits per heavy atom. The Balaban J connectivity index is 4.63. The van der Waals surface area contributed by atoms with E-state index in [0.717, 1.165) is 11.8 Å². The summed E-state index contributed by atoms with van der Waals surface area (Å²) in [5.41, 5.74) is 22.2. The van der Waals surface area contributed by atoms with E-state index in [1.165, 1.54) is 0 Å². The first-order valence-corrected chi connectivity index (χ1v) is 8.41. The van der Waals surface area contributed by atoms with E-state index in [0.29, 0.717) is 31.4 Å². The summed E-state index contributed by atoms with van der Waals surface area (Å²) in [6.07, 6.45) is 1.62. The van der Waals surface area contributed by atoms with E-state index in [1.54, 1.807) is 0 Å². The lowest BCUT2D eigenvalue weighted by Gasteiger charge is -2.23. The standard InChI is InChI=1S/C13H26N6O4S/c14-5-1-4-9(24-7-20)10(15)11(21)19-8(12(22)23)3-2-6-18-13(16)17/h7-10H,1-6,14-15H2,(H,19,21)(H,22,23)(H4,16,17,18)/t8-,9?,10-/m0/s1. The highest BCUT2D eigenvalue weighted by atomic mass is 32.2. The Kier molecular flexibility index (Phi) is 11.6. The number of aliphatic carboxylic acids is 1. The van der Waals surface area contributed by atoms with E-state index in [2.05, 4.69) is 10.3 Å². The monoisotopic (exact) mass is 362 g/mol. The molecule has 0 aliphatic rings. The number of carboxylic acids is 1. The number of carbonyl (C=O) groups is 3. The maximum atomic E-state index is 12.2. The van der Waals surface area contributed by atoms with Crippen LogP contribution in [0.3, 0.4) is 0 Å². The van der Waals surface area contributed by atoms with E-state index < -0.39 is 29.2 Å². The van der Waals surface area contributed by atoms with Crippen molar-refractivity contribution in [2.24, 2.45) is 27.9 Å². The van der Waals surface area contributed by atoms with E-state index in [1.807, 2.05) is 0 Å². The minimum absolute atomic E-state index is 0.0819. The first kappa shape index (κ1) is 22.1. The van der Waals surface area contributed by atoms with Gasteiger partial charge in [0.05, 0.1) is 6.04 Å². The van der Waals surface area contributed by atoms with Crippen LogP contribution in [0.25, 0.3) is 0 Å². The number of nitrogens with one attached hydrogen (secondary N) is 1. The molecule has 0 aromatic heterocycles. The third kappa shape index (κ3) is 9.33. The van der Waals surface area contributed by atoms with E-state index in [4.69, 9.17) is 22.9 Å². The molecule has 1 amide bonds. The normalized spacial score (nSPS) is 14.2. The second-order valence-corrected chi connectivity index (χ2v) is 6.15. The summed E-state index contributed by atoms with van der Waals surface area (Å²) in [6, 6.07) is -2.11. The third-order valence-corrected chi connectivity index (χ3v) is 4.18. The molecule has 0 bridgehead atoms. The Labute approximate surface area is 144 Å². The quantitative estimate of drug-likeness (QED) is 0.0924. The summed E-state index contributed by atoms with van der Waals surface area (Å²) in [7, 11) is 0. The second-order valence-electron chi connectivity index (χ2n) is 5.08. The van der Waals surface area contributed by atoms with Crippen molar-refractivity contribution in [3.8, 4) is 0 Å². The first-order chi connectivity index (χ1) is 11.3. The molecule has 0 heterocycles. The van der Waals surface area contributed by atoms with E-state index >= 15 is 0 Å². The first-order valence-electron chi connectivity index (χ1n) is 7.46. The number of amides is 1. The van der Waals surface area contributed by atoms with Gasteiger partial charge in [-0.15, -0.1) is 0 Å². The van der Waals surface area contributed by atoms with Gasteiger partial charge < -0.3 is 33.4 Å². The van der Waals surface area contributed by atoms with Crippen LogP contribution in [0.4, 0.5) is 0 Å². The average Bonchev–Trinajstić information content (AvgIpc) is 2.52. The van der Waals surface area contributed by atoms with E-state index in [9.17, 15) is 19.5 Å². The van der Waals surface area contributed by atoms with Gasteiger partial charge in [-0.1, -0.05) is 11.8 Å². The van der Waals surface area contributed by atoms with Crippen molar-refractivity contribution < 1.29 is 19.5 Å². The zero-order valence-corrected chi connectivity index (χ0v) is 14.2. The van der Waals surface area contributed by atoms with Crippen LogP contribution in [-0.2, 0) is 14.4 Å². The lowest BCUT2D eigenvalue weighted by molar-refractivity contribution is -0.142. The molecular formula is C13H26N6O4S. The molecule has 0 fully saturated rings. The Hall–Kier alpha value is -1.85. The van der Waals surface area contributed by atoms with Crippen molar-refractivity contribution in [2.45, 2.75) is 43.0 Å². The number of hydrogen-bond acceptors (Lipinski definition) is 7. The molecule has 0 aromatic carbocycles. The van der Waals surface area contributed by atoms with Gasteiger partial charge in [0.25, 0.3) is 0 Å². The zero-order chi connectivity index (χ0) is 18.5. The van der Waals surface area contributed by atoms with Crippen molar-refractivity contribution in [1.82, 2.24) is 5.32 Å². The molecule has 3 atom stereocenters. The van der Waals surface area contributed by atoms with Crippen molar-refractivity contribution >= 4 is 35.2 Å². The maximum Gasteiger partial charge on any atom is 0.326 e. The Morgan fingerprint density at radius 1 is 1.25 bits per heavy atom. The van der Waals surface area contributed by atoms with Crippen molar-refractivity contribution in [3.63, 3.8) is 0 Å². The van der Waals surface area contributed by atoms with Crippen LogP contribution in [-0.4, -0.2) is 59.0 Å². The molecule has 0 rings (SSSR count). The van der Waals surface area contributed by atoms with E-state index in [-0.39, 0.29) is 18.9 Å². The smallest absolute Gasteiger partial charge is 0.326 e. The number of nitrogens with zero attached hydrogens (tertiary/aromatic N) is 1. The van der Waals surface area contributed by atoms with Gasteiger partial charge in [-0.05, 0) is 32.2 Å². The molecule has 0 aliphatic carbocycles. The van der Waals surface area contributed by atoms with Gasteiger partial charge in [0.15, 0.2) is 11.6 Å².